The van der Waals surface area contributed by atoms with Gasteiger partial charge in [0.2, 0.25) is 0 Å². The Morgan fingerprint density at radius 2 is 2.23 bits per heavy atom. The van der Waals surface area contributed by atoms with Gasteiger partial charge in [-0.15, -0.1) is 12.6 Å². The second-order valence-corrected chi connectivity index (χ2v) is 4.01. The summed E-state index contributed by atoms with van der Waals surface area (Å²) >= 11 is 7.43. The van der Waals surface area contributed by atoms with Crippen LogP contribution in [-0.2, 0) is 11.2 Å². The fraction of sp³-hybridized carbons (Fsp3) is 0.300. The summed E-state index contributed by atoms with van der Waals surface area (Å²) in [5.41, 5.74) is 2.17. The molecule has 0 saturated heterocycles. The Balaban J connectivity index is 2.79. The Bertz CT molecular complexity index is 323. The molecule has 0 bridgehead atoms. The van der Waals surface area contributed by atoms with Crippen LogP contribution in [-0.4, -0.2) is 11.1 Å². The first-order valence-corrected chi connectivity index (χ1v) is 5.56. The summed E-state index contributed by atoms with van der Waals surface area (Å²) in [6, 6.07) is 5.90. The molecule has 0 aromatic heterocycles. The van der Waals surface area contributed by atoms with Gasteiger partial charge in [0.15, 0.2) is 0 Å². The van der Waals surface area contributed by atoms with E-state index in [4.69, 9.17) is 0 Å². The van der Waals surface area contributed by atoms with Crippen molar-refractivity contribution in [2.24, 2.45) is 0 Å². The van der Waals surface area contributed by atoms with Gasteiger partial charge in [0.1, 0.15) is 5.78 Å². The summed E-state index contributed by atoms with van der Waals surface area (Å²) in [6.07, 6.45) is 0.485. The molecule has 0 amide bonds. The van der Waals surface area contributed by atoms with E-state index in [2.05, 4.69) is 28.6 Å². The normalized spacial score (nSPS) is 10.1. The molecule has 0 saturated carbocycles. The monoisotopic (exact) mass is 258 g/mol. The SMILES string of the molecule is Cc1ccc(CC(=O)CBr)cc1S. The Labute approximate surface area is 92.1 Å². The summed E-state index contributed by atoms with van der Waals surface area (Å²) in [5.74, 6) is 0.191. The Morgan fingerprint density at radius 1 is 1.54 bits per heavy atom. The predicted molar refractivity (Wildman–Crippen MR) is 60.9 cm³/mol. The largest absolute Gasteiger partial charge is 0.298 e. The van der Waals surface area contributed by atoms with E-state index in [1.54, 1.807) is 0 Å². The van der Waals surface area contributed by atoms with E-state index >= 15 is 0 Å². The van der Waals surface area contributed by atoms with E-state index in [1.807, 2.05) is 25.1 Å². The van der Waals surface area contributed by atoms with Crippen molar-refractivity contribution in [3.63, 3.8) is 0 Å². The van der Waals surface area contributed by atoms with Crippen LogP contribution in [0.5, 0.6) is 0 Å². The van der Waals surface area contributed by atoms with Gasteiger partial charge in [0.25, 0.3) is 0 Å². The molecule has 1 aromatic rings. The van der Waals surface area contributed by atoms with Gasteiger partial charge in [-0.05, 0) is 24.1 Å². The van der Waals surface area contributed by atoms with Gasteiger partial charge in [-0.25, -0.2) is 0 Å². The zero-order valence-electron chi connectivity index (χ0n) is 7.38. The standard InChI is InChI=1S/C10H11BrOS/c1-7-2-3-8(5-10(7)13)4-9(12)6-11/h2-3,5,13H,4,6H2,1H3. The molecule has 0 aliphatic carbocycles. The number of aryl methyl sites for hydroxylation is 1. The van der Waals surface area contributed by atoms with Crippen LogP contribution in [0.25, 0.3) is 0 Å². The van der Waals surface area contributed by atoms with Crippen molar-refractivity contribution >= 4 is 34.3 Å². The molecule has 0 aliphatic rings. The lowest BCUT2D eigenvalue weighted by molar-refractivity contribution is -0.115. The van der Waals surface area contributed by atoms with Crippen LogP contribution in [0.15, 0.2) is 23.1 Å². The van der Waals surface area contributed by atoms with Crippen molar-refractivity contribution in [2.45, 2.75) is 18.2 Å². The highest BCUT2D eigenvalue weighted by molar-refractivity contribution is 9.09. The van der Waals surface area contributed by atoms with Gasteiger partial charge in [-0.2, -0.15) is 0 Å². The molecule has 0 fully saturated rings. The molecular formula is C10H11BrOS. The quantitative estimate of drug-likeness (QED) is 0.652. The highest BCUT2D eigenvalue weighted by Crippen LogP contribution is 2.15. The van der Waals surface area contributed by atoms with Crippen LogP contribution in [0.1, 0.15) is 11.1 Å². The van der Waals surface area contributed by atoms with Crippen LogP contribution in [0.4, 0.5) is 0 Å². The van der Waals surface area contributed by atoms with E-state index in [1.165, 1.54) is 0 Å². The number of halogens is 1. The van der Waals surface area contributed by atoms with Crippen molar-refractivity contribution in [1.29, 1.82) is 0 Å². The molecule has 13 heavy (non-hydrogen) atoms. The van der Waals surface area contributed by atoms with Gasteiger partial charge in [0, 0.05) is 11.3 Å². The van der Waals surface area contributed by atoms with Crippen LogP contribution < -0.4 is 0 Å². The number of alkyl halides is 1. The average Bonchev–Trinajstić information content (AvgIpc) is 2.11. The molecule has 0 aliphatic heterocycles. The third kappa shape index (κ3) is 3.16. The molecule has 0 spiro atoms. The lowest BCUT2D eigenvalue weighted by Crippen LogP contribution is -2.03. The summed E-state index contributed by atoms with van der Waals surface area (Å²) in [6.45, 7) is 2.00. The number of Topliss-reactive ketones (excluding diaryl/α,β-unsaturated/α-hetero) is 1. The second kappa shape index (κ2) is 4.82. The van der Waals surface area contributed by atoms with Gasteiger partial charge in [0.05, 0.1) is 5.33 Å². The summed E-state index contributed by atoms with van der Waals surface area (Å²) in [4.78, 5) is 12.0. The van der Waals surface area contributed by atoms with Crippen molar-refractivity contribution in [3.05, 3.63) is 29.3 Å². The third-order valence-electron chi connectivity index (χ3n) is 1.82. The third-order valence-corrected chi connectivity index (χ3v) is 2.93. The predicted octanol–water partition coefficient (Wildman–Crippen LogP) is 2.79. The number of thiol groups is 1. The highest BCUT2D eigenvalue weighted by Gasteiger charge is 2.02. The Kier molecular flexibility index (Phi) is 4.00. The molecular weight excluding hydrogens is 248 g/mol. The van der Waals surface area contributed by atoms with Gasteiger partial charge in [-0.1, -0.05) is 28.1 Å². The minimum absolute atomic E-state index is 0.191. The highest BCUT2D eigenvalue weighted by atomic mass is 79.9. The Hall–Kier alpha value is -0.280. The van der Waals surface area contributed by atoms with E-state index in [0.717, 1.165) is 16.0 Å². The molecule has 3 heteroatoms. The van der Waals surface area contributed by atoms with E-state index in [-0.39, 0.29) is 5.78 Å². The molecule has 0 atom stereocenters. The number of hydrogen-bond acceptors (Lipinski definition) is 2. The van der Waals surface area contributed by atoms with Crippen molar-refractivity contribution in [3.8, 4) is 0 Å². The molecule has 0 heterocycles. The number of carbonyl (C=O) groups excluding carboxylic acids is 1. The minimum atomic E-state index is 0.191. The Morgan fingerprint density at radius 3 is 2.77 bits per heavy atom. The van der Waals surface area contributed by atoms with Crippen molar-refractivity contribution in [2.75, 3.05) is 5.33 Å². The first-order chi connectivity index (χ1) is 6.13. The summed E-state index contributed by atoms with van der Waals surface area (Å²) in [7, 11) is 0. The first-order valence-electron chi connectivity index (χ1n) is 3.99. The van der Waals surface area contributed by atoms with Gasteiger partial charge >= 0.3 is 0 Å². The number of rotatable bonds is 3. The van der Waals surface area contributed by atoms with E-state index in [9.17, 15) is 4.79 Å². The molecule has 0 radical (unpaired) electrons. The number of ketones is 1. The lowest BCUT2D eigenvalue weighted by Gasteiger charge is -2.02. The van der Waals surface area contributed by atoms with Crippen molar-refractivity contribution in [1.82, 2.24) is 0 Å². The number of carbonyl (C=O) groups is 1. The topological polar surface area (TPSA) is 17.1 Å². The minimum Gasteiger partial charge on any atom is -0.298 e. The molecule has 1 nitrogen and oxygen atoms in total. The smallest absolute Gasteiger partial charge is 0.147 e. The maximum atomic E-state index is 11.1. The van der Waals surface area contributed by atoms with E-state index < -0.39 is 0 Å². The summed E-state index contributed by atoms with van der Waals surface area (Å²) < 4.78 is 0. The van der Waals surface area contributed by atoms with Crippen LogP contribution >= 0.6 is 28.6 Å². The number of hydrogen-bond donors (Lipinski definition) is 1. The molecule has 0 N–H and O–H groups in total. The average molecular weight is 259 g/mol. The number of benzene rings is 1. The zero-order chi connectivity index (χ0) is 9.84. The molecule has 0 unspecified atom stereocenters. The van der Waals surface area contributed by atoms with Gasteiger partial charge < -0.3 is 0 Å². The maximum absolute atomic E-state index is 11.1. The van der Waals surface area contributed by atoms with Crippen LogP contribution in [0, 0.1) is 6.92 Å². The van der Waals surface area contributed by atoms with Gasteiger partial charge in [-0.3, -0.25) is 4.79 Å². The van der Waals surface area contributed by atoms with Crippen LogP contribution in [0.3, 0.4) is 0 Å². The second-order valence-electron chi connectivity index (χ2n) is 2.97. The fourth-order valence-electron chi connectivity index (χ4n) is 1.04. The lowest BCUT2D eigenvalue weighted by atomic mass is 10.1. The maximum Gasteiger partial charge on any atom is 0.147 e. The summed E-state index contributed by atoms with van der Waals surface area (Å²) in [5, 5.41) is 0.419. The first kappa shape index (κ1) is 10.8. The van der Waals surface area contributed by atoms with E-state index in [0.29, 0.717) is 11.8 Å². The molecule has 70 valence electrons. The molecule has 1 rings (SSSR count). The van der Waals surface area contributed by atoms with Crippen molar-refractivity contribution < 1.29 is 4.79 Å². The molecule has 1 aromatic carbocycles. The fourth-order valence-corrected chi connectivity index (χ4v) is 1.48. The zero-order valence-corrected chi connectivity index (χ0v) is 9.86. The van der Waals surface area contributed by atoms with Crippen LogP contribution in [0.2, 0.25) is 0 Å².